The van der Waals surface area contributed by atoms with Gasteiger partial charge in [0.05, 0.1) is 12.7 Å². The molecule has 1 amide bonds. The van der Waals surface area contributed by atoms with Gasteiger partial charge >= 0.3 is 5.97 Å². The fourth-order valence-corrected chi connectivity index (χ4v) is 7.17. The van der Waals surface area contributed by atoms with E-state index in [1.165, 1.54) is 122 Å². The number of carbonyl (C=O) groups is 2. The predicted octanol–water partition coefficient (Wildman–Crippen LogP) is 12.6. The van der Waals surface area contributed by atoms with Gasteiger partial charge in [-0.2, -0.15) is 0 Å². The average molecular weight is 723 g/mol. The maximum Gasteiger partial charge on any atom is 0.306 e. The Bertz CT molecular complexity index is 733. The largest absolute Gasteiger partial charge is 0.463 e. The number of nitrogens with zero attached hydrogens (tertiary/aromatic N) is 2. The number of rotatable bonds is 41. The topological polar surface area (TPSA) is 70.1 Å². The third-order valence-electron chi connectivity index (χ3n) is 10.6. The van der Waals surface area contributed by atoms with Crippen molar-refractivity contribution in [2.75, 3.05) is 39.3 Å². The molecule has 6 heteroatoms. The van der Waals surface area contributed by atoms with Crippen molar-refractivity contribution in [2.24, 2.45) is 0 Å². The van der Waals surface area contributed by atoms with Crippen LogP contribution < -0.4 is 0 Å². The Kier molecular flexibility index (Phi) is 39.2. The number of amides is 1. The van der Waals surface area contributed by atoms with Crippen LogP contribution in [-0.2, 0) is 14.3 Å². The summed E-state index contributed by atoms with van der Waals surface area (Å²) >= 11 is 0. The number of aliphatic hydroxyl groups is 1. The molecule has 0 rings (SSSR count). The number of esters is 1. The lowest BCUT2D eigenvalue weighted by atomic mass is 10.1. The summed E-state index contributed by atoms with van der Waals surface area (Å²) in [5.41, 5.74) is 0. The van der Waals surface area contributed by atoms with Crippen LogP contribution in [0.15, 0.2) is 0 Å². The molecule has 0 fully saturated rings. The van der Waals surface area contributed by atoms with E-state index < -0.39 is 0 Å². The lowest BCUT2D eigenvalue weighted by Gasteiger charge is -2.23. The van der Waals surface area contributed by atoms with E-state index in [4.69, 9.17) is 4.74 Å². The van der Waals surface area contributed by atoms with Crippen molar-refractivity contribution >= 4 is 11.9 Å². The molecule has 1 atom stereocenters. The SMILES string of the molecule is CCCCCCCCCN(CCCCCCCC)C(=O)CCCCCCCN(CCO)CCCCCCCC(=O)OC(C)CCCCCCCC. The molecule has 0 aromatic rings. The minimum atomic E-state index is -0.0292. The summed E-state index contributed by atoms with van der Waals surface area (Å²) in [6.45, 7) is 13.8. The number of carbonyl (C=O) groups excluding carboxylic acids is 2. The van der Waals surface area contributed by atoms with Crippen LogP contribution in [-0.4, -0.2) is 72.2 Å². The van der Waals surface area contributed by atoms with Crippen molar-refractivity contribution in [3.05, 3.63) is 0 Å². The number of ether oxygens (including phenoxy) is 1. The van der Waals surface area contributed by atoms with E-state index >= 15 is 0 Å². The minimum absolute atomic E-state index is 0.0292. The van der Waals surface area contributed by atoms with E-state index in [9.17, 15) is 14.7 Å². The average Bonchev–Trinajstić information content (AvgIpc) is 3.12. The zero-order valence-electron chi connectivity index (χ0n) is 35.0. The highest BCUT2D eigenvalue weighted by molar-refractivity contribution is 5.76. The van der Waals surface area contributed by atoms with Gasteiger partial charge in [-0.05, 0) is 71.4 Å². The maximum absolute atomic E-state index is 13.2. The maximum atomic E-state index is 13.2. The predicted molar refractivity (Wildman–Crippen MR) is 220 cm³/mol. The summed E-state index contributed by atoms with van der Waals surface area (Å²) in [5.74, 6) is 0.357. The van der Waals surface area contributed by atoms with Crippen LogP contribution >= 0.6 is 0 Å². The van der Waals surface area contributed by atoms with Crippen LogP contribution in [0.3, 0.4) is 0 Å². The molecular weight excluding hydrogens is 633 g/mol. The summed E-state index contributed by atoms with van der Waals surface area (Å²) < 4.78 is 5.62. The van der Waals surface area contributed by atoms with Crippen LogP contribution in [0, 0.1) is 0 Å². The van der Waals surface area contributed by atoms with E-state index in [2.05, 4.69) is 30.6 Å². The van der Waals surface area contributed by atoms with Gasteiger partial charge in [-0.3, -0.25) is 9.59 Å². The molecular formula is C45H90N2O4. The van der Waals surface area contributed by atoms with E-state index in [0.29, 0.717) is 18.7 Å². The molecule has 6 nitrogen and oxygen atoms in total. The minimum Gasteiger partial charge on any atom is -0.463 e. The molecule has 304 valence electrons. The lowest BCUT2D eigenvalue weighted by Crippen LogP contribution is -2.32. The highest BCUT2D eigenvalue weighted by Crippen LogP contribution is 2.15. The summed E-state index contributed by atoms with van der Waals surface area (Å²) in [6.07, 6.45) is 37.9. The van der Waals surface area contributed by atoms with Crippen LogP contribution in [0.25, 0.3) is 0 Å². The Balaban J connectivity index is 4.05. The van der Waals surface area contributed by atoms with Crippen molar-refractivity contribution in [1.82, 2.24) is 9.80 Å². The molecule has 0 aromatic heterocycles. The molecule has 0 aliphatic heterocycles. The van der Waals surface area contributed by atoms with E-state index in [0.717, 1.165) is 103 Å². The summed E-state index contributed by atoms with van der Waals surface area (Å²) in [6, 6.07) is 0. The van der Waals surface area contributed by atoms with Gasteiger partial charge in [0.15, 0.2) is 0 Å². The Morgan fingerprint density at radius 1 is 0.471 bits per heavy atom. The molecule has 1 N–H and O–H groups in total. The highest BCUT2D eigenvalue weighted by atomic mass is 16.5. The number of unbranched alkanes of at least 4 members (excludes halogenated alkanes) is 24. The monoisotopic (exact) mass is 723 g/mol. The van der Waals surface area contributed by atoms with Crippen molar-refractivity contribution in [1.29, 1.82) is 0 Å². The molecule has 0 aliphatic carbocycles. The Morgan fingerprint density at radius 2 is 0.843 bits per heavy atom. The second kappa shape index (κ2) is 40.1. The van der Waals surface area contributed by atoms with E-state index in [1.54, 1.807) is 0 Å². The molecule has 0 spiro atoms. The molecule has 0 saturated heterocycles. The Morgan fingerprint density at radius 3 is 1.29 bits per heavy atom. The number of hydrogen-bond donors (Lipinski definition) is 1. The quantitative estimate of drug-likeness (QED) is 0.0502. The van der Waals surface area contributed by atoms with Gasteiger partial charge in [-0.1, -0.05) is 162 Å². The first-order valence-electron chi connectivity index (χ1n) is 22.8. The van der Waals surface area contributed by atoms with Gasteiger partial charge in [-0.15, -0.1) is 0 Å². The van der Waals surface area contributed by atoms with Gasteiger partial charge in [0.25, 0.3) is 0 Å². The molecule has 0 heterocycles. The van der Waals surface area contributed by atoms with Gasteiger partial charge in [0.1, 0.15) is 0 Å². The Hall–Kier alpha value is -1.14. The van der Waals surface area contributed by atoms with Gasteiger partial charge in [0, 0.05) is 32.5 Å². The fourth-order valence-electron chi connectivity index (χ4n) is 7.17. The van der Waals surface area contributed by atoms with Crippen LogP contribution in [0.4, 0.5) is 0 Å². The van der Waals surface area contributed by atoms with E-state index in [-0.39, 0.29) is 18.7 Å². The highest BCUT2D eigenvalue weighted by Gasteiger charge is 2.13. The third kappa shape index (κ3) is 35.6. The second-order valence-corrected chi connectivity index (χ2v) is 15.7. The van der Waals surface area contributed by atoms with Crippen LogP contribution in [0.2, 0.25) is 0 Å². The number of hydrogen-bond acceptors (Lipinski definition) is 5. The first-order chi connectivity index (χ1) is 25.0. The molecule has 0 saturated carbocycles. The smallest absolute Gasteiger partial charge is 0.306 e. The molecule has 0 aliphatic rings. The summed E-state index contributed by atoms with van der Waals surface area (Å²) in [5, 5.41) is 9.58. The van der Waals surface area contributed by atoms with Crippen LogP contribution in [0.1, 0.15) is 233 Å². The fraction of sp³-hybridized carbons (Fsp3) is 0.956. The summed E-state index contributed by atoms with van der Waals surface area (Å²) in [4.78, 5) is 30.0. The zero-order valence-corrected chi connectivity index (χ0v) is 35.0. The van der Waals surface area contributed by atoms with Crippen LogP contribution in [0.5, 0.6) is 0 Å². The first-order valence-corrected chi connectivity index (χ1v) is 22.8. The Labute approximate surface area is 319 Å². The third-order valence-corrected chi connectivity index (χ3v) is 10.6. The molecule has 1 unspecified atom stereocenters. The normalized spacial score (nSPS) is 12.1. The molecule has 0 radical (unpaired) electrons. The van der Waals surface area contributed by atoms with E-state index in [1.807, 2.05) is 6.92 Å². The van der Waals surface area contributed by atoms with Gasteiger partial charge in [0.2, 0.25) is 5.91 Å². The zero-order chi connectivity index (χ0) is 37.5. The van der Waals surface area contributed by atoms with Crippen molar-refractivity contribution in [3.63, 3.8) is 0 Å². The second-order valence-electron chi connectivity index (χ2n) is 15.7. The first kappa shape index (κ1) is 49.9. The van der Waals surface area contributed by atoms with Crippen molar-refractivity contribution in [3.8, 4) is 0 Å². The lowest BCUT2D eigenvalue weighted by molar-refractivity contribution is -0.148. The molecule has 0 bridgehead atoms. The van der Waals surface area contributed by atoms with Gasteiger partial charge < -0.3 is 19.6 Å². The summed E-state index contributed by atoms with van der Waals surface area (Å²) in [7, 11) is 0. The number of aliphatic hydroxyl groups excluding tert-OH is 1. The van der Waals surface area contributed by atoms with Crippen molar-refractivity contribution < 1.29 is 19.4 Å². The standard InChI is InChI=1S/C45H90N2O4/c1-5-8-11-14-17-26-33-40-47(39-32-25-16-13-10-7-3)44(49)35-28-21-18-23-30-37-46(41-42-48)38-31-24-19-22-29-36-45(50)51-43(4)34-27-20-15-12-9-6-2/h43,48H,5-42H2,1-4H3. The van der Waals surface area contributed by atoms with Crippen molar-refractivity contribution in [2.45, 2.75) is 239 Å². The molecule has 0 aromatic carbocycles. The van der Waals surface area contributed by atoms with Gasteiger partial charge in [-0.25, -0.2) is 0 Å². The molecule has 51 heavy (non-hydrogen) atoms.